The largest absolute Gasteiger partial charge is 0.466 e. The number of ether oxygens (including phenoxy) is 1. The molecule has 5 heteroatoms. The number of benzene rings is 2. The maximum Gasteiger partial charge on any atom is 0.310 e. The van der Waals surface area contributed by atoms with Crippen LogP contribution in [0.2, 0.25) is 10.0 Å². The Morgan fingerprint density at radius 3 is 2.43 bits per heavy atom. The highest BCUT2D eigenvalue weighted by atomic mass is 35.5. The molecule has 0 spiro atoms. The lowest BCUT2D eigenvalue weighted by atomic mass is 10.1. The Morgan fingerprint density at radius 2 is 1.76 bits per heavy atom. The first kappa shape index (κ1) is 15.7. The van der Waals surface area contributed by atoms with Gasteiger partial charge in [0.25, 0.3) is 0 Å². The van der Waals surface area contributed by atoms with Crippen molar-refractivity contribution in [2.24, 2.45) is 0 Å². The predicted molar refractivity (Wildman–Crippen MR) is 86.5 cm³/mol. The fraction of sp³-hybridized carbons (Fsp3) is 0.188. The van der Waals surface area contributed by atoms with Gasteiger partial charge < -0.3 is 10.1 Å². The van der Waals surface area contributed by atoms with Gasteiger partial charge in [0.05, 0.1) is 28.8 Å². The minimum atomic E-state index is -0.267. The summed E-state index contributed by atoms with van der Waals surface area (Å²) < 4.78 is 4.98. The number of anilines is 2. The molecule has 0 saturated heterocycles. The van der Waals surface area contributed by atoms with Crippen LogP contribution in [0.3, 0.4) is 0 Å². The monoisotopic (exact) mass is 323 g/mol. The molecule has 0 saturated carbocycles. The van der Waals surface area contributed by atoms with E-state index in [0.717, 1.165) is 11.3 Å². The van der Waals surface area contributed by atoms with Gasteiger partial charge in [-0.2, -0.15) is 0 Å². The van der Waals surface area contributed by atoms with E-state index in [1.165, 1.54) is 0 Å². The smallest absolute Gasteiger partial charge is 0.310 e. The third-order valence-electron chi connectivity index (χ3n) is 2.88. The number of nitrogens with one attached hydrogen (secondary N) is 1. The van der Waals surface area contributed by atoms with E-state index in [-0.39, 0.29) is 12.4 Å². The van der Waals surface area contributed by atoms with E-state index in [0.29, 0.717) is 22.3 Å². The lowest BCUT2D eigenvalue weighted by Gasteiger charge is -2.14. The van der Waals surface area contributed by atoms with E-state index in [1.807, 2.05) is 24.3 Å². The van der Waals surface area contributed by atoms with Gasteiger partial charge in [0.1, 0.15) is 0 Å². The fourth-order valence-corrected chi connectivity index (χ4v) is 2.41. The van der Waals surface area contributed by atoms with Crippen molar-refractivity contribution in [3.63, 3.8) is 0 Å². The van der Waals surface area contributed by atoms with Crippen LogP contribution in [0.5, 0.6) is 0 Å². The number of para-hydroxylation sites is 2. The summed E-state index contributed by atoms with van der Waals surface area (Å²) in [6.45, 7) is 2.15. The van der Waals surface area contributed by atoms with Gasteiger partial charge in [0.2, 0.25) is 0 Å². The van der Waals surface area contributed by atoms with Crippen LogP contribution >= 0.6 is 23.2 Å². The van der Waals surface area contributed by atoms with Gasteiger partial charge in [0, 0.05) is 5.69 Å². The summed E-state index contributed by atoms with van der Waals surface area (Å²) >= 11 is 12.3. The summed E-state index contributed by atoms with van der Waals surface area (Å²) in [4.78, 5) is 11.6. The van der Waals surface area contributed by atoms with Crippen molar-refractivity contribution in [1.82, 2.24) is 0 Å². The minimum absolute atomic E-state index is 0.194. The van der Waals surface area contributed by atoms with E-state index in [2.05, 4.69) is 5.32 Å². The molecule has 0 amide bonds. The summed E-state index contributed by atoms with van der Waals surface area (Å²) in [7, 11) is 0. The Kier molecular flexibility index (Phi) is 5.48. The molecule has 21 heavy (non-hydrogen) atoms. The molecule has 1 N–H and O–H groups in total. The van der Waals surface area contributed by atoms with Gasteiger partial charge in [-0.3, -0.25) is 4.79 Å². The maximum atomic E-state index is 11.6. The molecule has 0 atom stereocenters. The van der Waals surface area contributed by atoms with Crippen molar-refractivity contribution in [1.29, 1.82) is 0 Å². The zero-order valence-electron chi connectivity index (χ0n) is 11.5. The second-order valence-corrected chi connectivity index (χ2v) is 5.18. The highest BCUT2D eigenvalue weighted by molar-refractivity contribution is 6.39. The summed E-state index contributed by atoms with van der Waals surface area (Å²) in [6.07, 6.45) is 0.194. The first-order chi connectivity index (χ1) is 10.1. The number of rotatable bonds is 5. The molecule has 2 rings (SSSR count). The highest BCUT2D eigenvalue weighted by Crippen LogP contribution is 2.33. The third-order valence-corrected chi connectivity index (χ3v) is 3.51. The van der Waals surface area contributed by atoms with E-state index < -0.39 is 0 Å². The summed E-state index contributed by atoms with van der Waals surface area (Å²) in [5, 5.41) is 4.23. The normalized spacial score (nSPS) is 10.2. The van der Waals surface area contributed by atoms with Crippen molar-refractivity contribution in [3.05, 3.63) is 58.1 Å². The summed E-state index contributed by atoms with van der Waals surface area (Å²) in [6, 6.07) is 12.8. The molecular formula is C16H15Cl2NO2. The second kappa shape index (κ2) is 7.34. The van der Waals surface area contributed by atoms with Crippen molar-refractivity contribution >= 4 is 40.5 Å². The Balaban J connectivity index is 2.26. The average Bonchev–Trinajstić information content (AvgIpc) is 2.45. The number of carbonyl (C=O) groups is 1. The number of hydrogen-bond donors (Lipinski definition) is 1. The van der Waals surface area contributed by atoms with Crippen molar-refractivity contribution < 1.29 is 9.53 Å². The minimum Gasteiger partial charge on any atom is -0.466 e. The molecule has 0 radical (unpaired) electrons. The van der Waals surface area contributed by atoms with Crippen LogP contribution in [0.25, 0.3) is 0 Å². The molecule has 0 fully saturated rings. The Hall–Kier alpha value is -1.71. The van der Waals surface area contributed by atoms with Crippen LogP contribution in [-0.2, 0) is 16.0 Å². The maximum absolute atomic E-state index is 11.6. The van der Waals surface area contributed by atoms with Crippen LogP contribution in [0.15, 0.2) is 42.5 Å². The van der Waals surface area contributed by atoms with Crippen molar-refractivity contribution in [2.75, 3.05) is 11.9 Å². The average molecular weight is 324 g/mol. The lowest BCUT2D eigenvalue weighted by molar-refractivity contribution is -0.142. The lowest BCUT2D eigenvalue weighted by Crippen LogP contribution is -2.09. The summed E-state index contributed by atoms with van der Waals surface area (Å²) in [5.41, 5.74) is 2.23. The SMILES string of the molecule is CCOC(=O)Cc1ccccc1Nc1c(Cl)cccc1Cl. The Bertz CT molecular complexity index is 624. The highest BCUT2D eigenvalue weighted by Gasteiger charge is 2.11. The van der Waals surface area contributed by atoms with E-state index >= 15 is 0 Å². The first-order valence-electron chi connectivity index (χ1n) is 6.56. The van der Waals surface area contributed by atoms with Crippen LogP contribution in [0.1, 0.15) is 12.5 Å². The number of hydrogen-bond acceptors (Lipinski definition) is 3. The van der Waals surface area contributed by atoms with Crippen LogP contribution in [-0.4, -0.2) is 12.6 Å². The molecule has 2 aromatic carbocycles. The van der Waals surface area contributed by atoms with Crippen LogP contribution in [0, 0.1) is 0 Å². The molecular weight excluding hydrogens is 309 g/mol. The Morgan fingerprint density at radius 1 is 1.10 bits per heavy atom. The Labute approximate surface area is 133 Å². The second-order valence-electron chi connectivity index (χ2n) is 4.36. The topological polar surface area (TPSA) is 38.3 Å². The van der Waals surface area contributed by atoms with Crippen LogP contribution in [0.4, 0.5) is 11.4 Å². The molecule has 3 nitrogen and oxygen atoms in total. The van der Waals surface area contributed by atoms with Gasteiger partial charge in [-0.05, 0) is 30.7 Å². The summed E-state index contributed by atoms with van der Waals surface area (Å²) in [5.74, 6) is -0.267. The molecule has 110 valence electrons. The van der Waals surface area contributed by atoms with Gasteiger partial charge in [0.15, 0.2) is 0 Å². The predicted octanol–water partition coefficient (Wildman–Crippen LogP) is 4.84. The van der Waals surface area contributed by atoms with E-state index in [4.69, 9.17) is 27.9 Å². The quantitative estimate of drug-likeness (QED) is 0.800. The fourth-order valence-electron chi connectivity index (χ4n) is 1.92. The molecule has 0 aliphatic carbocycles. The van der Waals surface area contributed by atoms with E-state index in [9.17, 15) is 4.79 Å². The zero-order chi connectivity index (χ0) is 15.2. The number of esters is 1. The van der Waals surface area contributed by atoms with E-state index in [1.54, 1.807) is 25.1 Å². The molecule has 0 aliphatic rings. The molecule has 0 aliphatic heterocycles. The molecule has 0 aromatic heterocycles. The van der Waals surface area contributed by atoms with Crippen molar-refractivity contribution in [3.8, 4) is 0 Å². The number of carbonyl (C=O) groups excluding carboxylic acids is 1. The molecule has 2 aromatic rings. The van der Waals surface area contributed by atoms with Crippen molar-refractivity contribution in [2.45, 2.75) is 13.3 Å². The molecule has 0 bridgehead atoms. The third kappa shape index (κ3) is 4.13. The van der Waals surface area contributed by atoms with Gasteiger partial charge in [-0.1, -0.05) is 47.5 Å². The van der Waals surface area contributed by atoms with Gasteiger partial charge in [-0.15, -0.1) is 0 Å². The standard InChI is InChI=1S/C16H15Cl2NO2/c1-2-21-15(20)10-11-6-3-4-9-14(11)19-16-12(17)7-5-8-13(16)18/h3-9,19H,2,10H2,1H3. The zero-order valence-corrected chi connectivity index (χ0v) is 13.0. The molecule has 0 unspecified atom stereocenters. The molecule has 0 heterocycles. The number of halogens is 2. The van der Waals surface area contributed by atoms with Crippen LogP contribution < -0.4 is 5.32 Å². The van der Waals surface area contributed by atoms with Gasteiger partial charge in [-0.25, -0.2) is 0 Å². The van der Waals surface area contributed by atoms with Gasteiger partial charge >= 0.3 is 5.97 Å². The first-order valence-corrected chi connectivity index (χ1v) is 7.32.